The Kier molecular flexibility index (Phi) is 6.37. The van der Waals surface area contributed by atoms with Crippen LogP contribution in [0.3, 0.4) is 0 Å². The molecule has 0 aliphatic heterocycles. The molecule has 0 saturated heterocycles. The van der Waals surface area contributed by atoms with Crippen molar-refractivity contribution in [3.8, 4) is 0 Å². The maximum Gasteiger partial charge on any atom is 0.239 e. The number of hydrogen-bond donors (Lipinski definition) is 0. The Morgan fingerprint density at radius 2 is 1.83 bits per heavy atom. The molecule has 152 valence electrons. The zero-order chi connectivity index (χ0) is 21.1. The lowest BCUT2D eigenvalue weighted by atomic mass is 10.2. The fraction of sp³-hybridized carbons (Fsp3) is 0.130. The highest BCUT2D eigenvalue weighted by molar-refractivity contribution is 8.00. The van der Waals surface area contributed by atoms with Gasteiger partial charge in [-0.2, -0.15) is 0 Å². The van der Waals surface area contributed by atoms with Crippen LogP contribution in [-0.4, -0.2) is 16.6 Å². The average Bonchev–Trinajstić information content (AvgIpc) is 3.19. The monoisotopic (exact) mass is 456 g/mol. The standard InChI is InChI=1S/C23H18ClFN2OS2/c1-15-19(24)11-12-20-22(15)26-23(30-20)27(13-16-5-3-2-4-6-16)21(28)14-29-18-9-7-17(25)8-10-18/h2-12H,13-14H2,1H3. The molecule has 1 aromatic heterocycles. The van der Waals surface area contributed by atoms with E-state index in [1.165, 1.54) is 35.2 Å². The van der Waals surface area contributed by atoms with Crippen LogP contribution in [0.15, 0.2) is 71.6 Å². The molecule has 0 aliphatic rings. The summed E-state index contributed by atoms with van der Waals surface area (Å²) in [5, 5.41) is 1.30. The Balaban J connectivity index is 1.63. The number of anilines is 1. The van der Waals surface area contributed by atoms with E-state index in [0.717, 1.165) is 26.2 Å². The van der Waals surface area contributed by atoms with Crippen molar-refractivity contribution in [2.45, 2.75) is 18.4 Å². The van der Waals surface area contributed by atoms with Crippen molar-refractivity contribution in [3.63, 3.8) is 0 Å². The second-order valence-electron chi connectivity index (χ2n) is 6.72. The van der Waals surface area contributed by atoms with E-state index in [1.807, 2.05) is 49.4 Å². The Morgan fingerprint density at radius 3 is 2.57 bits per heavy atom. The molecule has 0 spiro atoms. The summed E-state index contributed by atoms with van der Waals surface area (Å²) in [5.74, 6) is -0.121. The zero-order valence-electron chi connectivity index (χ0n) is 16.1. The second kappa shape index (κ2) is 9.16. The van der Waals surface area contributed by atoms with Crippen molar-refractivity contribution in [1.82, 2.24) is 4.98 Å². The van der Waals surface area contributed by atoms with Gasteiger partial charge in [0.05, 0.1) is 22.5 Å². The van der Waals surface area contributed by atoms with Gasteiger partial charge in [-0.05, 0) is 54.4 Å². The molecule has 30 heavy (non-hydrogen) atoms. The highest BCUT2D eigenvalue weighted by Gasteiger charge is 2.21. The summed E-state index contributed by atoms with van der Waals surface area (Å²) in [6, 6.07) is 19.8. The molecule has 1 amide bonds. The van der Waals surface area contributed by atoms with E-state index in [-0.39, 0.29) is 17.5 Å². The normalized spacial score (nSPS) is 11.0. The van der Waals surface area contributed by atoms with Crippen molar-refractivity contribution in [1.29, 1.82) is 0 Å². The maximum absolute atomic E-state index is 13.2. The number of halogens is 2. The lowest BCUT2D eigenvalue weighted by Crippen LogP contribution is -2.31. The van der Waals surface area contributed by atoms with Gasteiger partial charge in [-0.1, -0.05) is 53.3 Å². The first-order valence-electron chi connectivity index (χ1n) is 9.29. The van der Waals surface area contributed by atoms with Crippen LogP contribution in [0.2, 0.25) is 5.02 Å². The second-order valence-corrected chi connectivity index (χ2v) is 9.19. The van der Waals surface area contributed by atoms with Crippen molar-refractivity contribution in [3.05, 3.63) is 88.7 Å². The molecule has 4 rings (SSSR count). The average molecular weight is 457 g/mol. The van der Waals surface area contributed by atoms with Gasteiger partial charge in [-0.15, -0.1) is 11.8 Å². The number of benzene rings is 3. The number of rotatable bonds is 6. The molecular formula is C23H18ClFN2OS2. The van der Waals surface area contributed by atoms with E-state index in [1.54, 1.807) is 17.0 Å². The molecule has 3 nitrogen and oxygen atoms in total. The van der Waals surface area contributed by atoms with Gasteiger partial charge in [0.15, 0.2) is 5.13 Å². The Morgan fingerprint density at radius 1 is 1.10 bits per heavy atom. The van der Waals surface area contributed by atoms with Gasteiger partial charge in [0.25, 0.3) is 0 Å². The number of fused-ring (bicyclic) bond motifs is 1. The molecule has 0 fully saturated rings. The predicted octanol–water partition coefficient (Wildman–Crippen LogP) is 6.72. The summed E-state index contributed by atoms with van der Waals surface area (Å²) in [6.45, 7) is 2.36. The van der Waals surface area contributed by atoms with Gasteiger partial charge in [0.2, 0.25) is 5.91 Å². The third-order valence-electron chi connectivity index (χ3n) is 4.63. The lowest BCUT2D eigenvalue weighted by molar-refractivity contribution is -0.116. The fourth-order valence-electron chi connectivity index (χ4n) is 2.99. The molecule has 0 unspecified atom stereocenters. The van der Waals surface area contributed by atoms with Crippen LogP contribution in [-0.2, 0) is 11.3 Å². The molecule has 4 aromatic rings. The number of aryl methyl sites for hydroxylation is 1. The van der Waals surface area contributed by atoms with E-state index < -0.39 is 0 Å². The summed E-state index contributed by atoms with van der Waals surface area (Å²) in [4.78, 5) is 20.5. The van der Waals surface area contributed by atoms with E-state index in [9.17, 15) is 9.18 Å². The quantitative estimate of drug-likeness (QED) is 0.302. The van der Waals surface area contributed by atoms with Crippen LogP contribution < -0.4 is 4.90 Å². The molecule has 0 aliphatic carbocycles. The third kappa shape index (κ3) is 4.67. The van der Waals surface area contributed by atoms with Crippen LogP contribution in [0.25, 0.3) is 10.2 Å². The Bertz CT molecular complexity index is 1180. The van der Waals surface area contributed by atoms with E-state index in [0.29, 0.717) is 16.7 Å². The molecule has 1 heterocycles. The van der Waals surface area contributed by atoms with Crippen molar-refractivity contribution >= 4 is 56.0 Å². The molecule has 0 N–H and O–H groups in total. The number of carbonyl (C=O) groups excluding carboxylic acids is 1. The first-order valence-corrected chi connectivity index (χ1v) is 11.5. The molecule has 0 radical (unpaired) electrons. The molecule has 0 saturated carbocycles. The smallest absolute Gasteiger partial charge is 0.239 e. The van der Waals surface area contributed by atoms with Crippen molar-refractivity contribution in [2.75, 3.05) is 10.7 Å². The maximum atomic E-state index is 13.2. The van der Waals surface area contributed by atoms with Crippen molar-refractivity contribution in [2.24, 2.45) is 0 Å². The SMILES string of the molecule is Cc1c(Cl)ccc2sc(N(Cc3ccccc3)C(=O)CSc3ccc(F)cc3)nc12. The van der Waals surface area contributed by atoms with Crippen LogP contribution in [0, 0.1) is 12.7 Å². The number of thiazole rings is 1. The highest BCUT2D eigenvalue weighted by Crippen LogP contribution is 2.34. The van der Waals surface area contributed by atoms with Gasteiger partial charge in [-0.3, -0.25) is 9.69 Å². The Hall–Kier alpha value is -2.41. The molecule has 3 aromatic carbocycles. The minimum atomic E-state index is -0.292. The van der Waals surface area contributed by atoms with E-state index >= 15 is 0 Å². The minimum Gasteiger partial charge on any atom is -0.283 e. The highest BCUT2D eigenvalue weighted by atomic mass is 35.5. The number of aromatic nitrogens is 1. The first kappa shape index (κ1) is 20.8. The summed E-state index contributed by atoms with van der Waals surface area (Å²) in [7, 11) is 0. The molecule has 7 heteroatoms. The largest absolute Gasteiger partial charge is 0.283 e. The molecule has 0 bridgehead atoms. The van der Waals surface area contributed by atoms with E-state index in [2.05, 4.69) is 0 Å². The Labute approximate surface area is 187 Å². The van der Waals surface area contributed by atoms with Gasteiger partial charge < -0.3 is 0 Å². The lowest BCUT2D eigenvalue weighted by Gasteiger charge is -2.20. The fourth-order valence-corrected chi connectivity index (χ4v) is 4.96. The summed E-state index contributed by atoms with van der Waals surface area (Å²) in [6.07, 6.45) is 0. The summed E-state index contributed by atoms with van der Waals surface area (Å²) < 4.78 is 14.1. The van der Waals surface area contributed by atoms with Crippen molar-refractivity contribution < 1.29 is 9.18 Å². The topological polar surface area (TPSA) is 33.2 Å². The zero-order valence-corrected chi connectivity index (χ0v) is 18.5. The van der Waals surface area contributed by atoms with Crippen LogP contribution in [0.1, 0.15) is 11.1 Å². The molecule has 0 atom stereocenters. The van der Waals surface area contributed by atoms with Crippen LogP contribution in [0.5, 0.6) is 0 Å². The summed E-state index contributed by atoms with van der Waals surface area (Å²) in [5.41, 5.74) is 2.75. The number of hydrogen-bond acceptors (Lipinski definition) is 4. The van der Waals surface area contributed by atoms with Gasteiger partial charge in [0.1, 0.15) is 5.82 Å². The minimum absolute atomic E-state index is 0.0593. The summed E-state index contributed by atoms with van der Waals surface area (Å²) >= 11 is 9.11. The van der Waals surface area contributed by atoms with Gasteiger partial charge in [-0.25, -0.2) is 9.37 Å². The number of amides is 1. The van der Waals surface area contributed by atoms with Gasteiger partial charge >= 0.3 is 0 Å². The van der Waals surface area contributed by atoms with Crippen LogP contribution >= 0.6 is 34.7 Å². The number of nitrogens with zero attached hydrogens (tertiary/aromatic N) is 2. The number of thioether (sulfide) groups is 1. The van der Waals surface area contributed by atoms with Crippen LogP contribution in [0.4, 0.5) is 9.52 Å². The third-order valence-corrected chi connectivity index (χ3v) is 7.08. The number of carbonyl (C=O) groups is 1. The predicted molar refractivity (Wildman–Crippen MR) is 124 cm³/mol. The first-order chi connectivity index (χ1) is 14.5. The molecular weight excluding hydrogens is 439 g/mol. The van der Waals surface area contributed by atoms with E-state index in [4.69, 9.17) is 16.6 Å². The van der Waals surface area contributed by atoms with Gasteiger partial charge in [0, 0.05) is 9.92 Å².